The van der Waals surface area contributed by atoms with Crippen molar-refractivity contribution < 1.29 is 18.4 Å². The first kappa shape index (κ1) is 14.9. The molecule has 0 unspecified atom stereocenters. The van der Waals surface area contributed by atoms with Crippen molar-refractivity contribution in [2.45, 2.75) is 25.6 Å². The maximum absolute atomic E-state index is 13.2. The Hall–Kier alpha value is -2.02. The van der Waals surface area contributed by atoms with Gasteiger partial charge in [0.15, 0.2) is 11.6 Å². The van der Waals surface area contributed by atoms with E-state index in [1.165, 1.54) is 6.07 Å². The fourth-order valence-electron chi connectivity index (χ4n) is 2.99. The predicted molar refractivity (Wildman–Crippen MR) is 74.7 cm³/mol. The maximum atomic E-state index is 13.2. The number of rotatable bonds is 2. The summed E-state index contributed by atoms with van der Waals surface area (Å²) >= 11 is 0. The molecule has 2 fully saturated rings. The second kappa shape index (κ2) is 5.64. The summed E-state index contributed by atoms with van der Waals surface area (Å²) in [6.07, 6.45) is 0. The van der Waals surface area contributed by atoms with Crippen molar-refractivity contribution in [3.63, 3.8) is 0 Å². The molecule has 1 aromatic carbocycles. The molecule has 2 heterocycles. The number of amides is 2. The first-order chi connectivity index (χ1) is 10.5. The molecule has 5 nitrogen and oxygen atoms in total. The lowest BCUT2D eigenvalue weighted by atomic mass is 10.0. The van der Waals surface area contributed by atoms with Crippen molar-refractivity contribution in [2.75, 3.05) is 19.6 Å². The average Bonchev–Trinajstić information content (AvgIpc) is 2.49. The molecule has 7 heteroatoms. The first-order valence-electron chi connectivity index (χ1n) is 7.23. The highest BCUT2D eigenvalue weighted by Gasteiger charge is 2.41. The van der Waals surface area contributed by atoms with E-state index >= 15 is 0 Å². The van der Waals surface area contributed by atoms with Crippen LogP contribution in [-0.4, -0.2) is 53.3 Å². The third kappa shape index (κ3) is 2.68. The lowest BCUT2D eigenvalue weighted by Crippen LogP contribution is -2.68. The Kier molecular flexibility index (Phi) is 3.82. The van der Waals surface area contributed by atoms with E-state index in [0.717, 1.165) is 12.1 Å². The van der Waals surface area contributed by atoms with E-state index in [4.69, 9.17) is 0 Å². The van der Waals surface area contributed by atoms with Gasteiger partial charge in [-0.25, -0.2) is 8.78 Å². The molecule has 0 bridgehead atoms. The van der Waals surface area contributed by atoms with Crippen LogP contribution in [0.15, 0.2) is 18.2 Å². The molecule has 1 N–H and O–H groups in total. The van der Waals surface area contributed by atoms with Gasteiger partial charge in [-0.2, -0.15) is 0 Å². The Bertz CT molecular complexity index is 623. The van der Waals surface area contributed by atoms with E-state index in [-0.39, 0.29) is 11.8 Å². The smallest absolute Gasteiger partial charge is 0.245 e. The van der Waals surface area contributed by atoms with Gasteiger partial charge in [0.25, 0.3) is 0 Å². The lowest BCUT2D eigenvalue weighted by molar-refractivity contribution is -0.152. The number of benzene rings is 1. The number of fused-ring (bicyclic) bond motifs is 1. The molecule has 2 saturated heterocycles. The summed E-state index contributed by atoms with van der Waals surface area (Å²) < 4.78 is 26.2. The summed E-state index contributed by atoms with van der Waals surface area (Å²) in [6, 6.07) is 2.79. The zero-order chi connectivity index (χ0) is 15.9. The molecule has 1 aromatic rings. The van der Waals surface area contributed by atoms with Crippen LogP contribution < -0.4 is 5.32 Å². The van der Waals surface area contributed by atoms with Crippen LogP contribution in [0.2, 0.25) is 0 Å². The molecule has 0 aliphatic carbocycles. The fraction of sp³-hybridized carbons (Fsp3) is 0.467. The standard InChI is InChI=1S/C15H17F2N3O2/c1-9-15(22)20-5-4-19(8-13(20)14(21)18-9)7-10-2-3-11(16)12(17)6-10/h2-3,6,9,13H,4-5,7-8H2,1H3,(H,18,21)/t9-,13+/m0/s1. The number of nitrogens with one attached hydrogen (secondary N) is 1. The van der Waals surface area contributed by atoms with Crippen molar-refractivity contribution in [3.8, 4) is 0 Å². The molecule has 0 saturated carbocycles. The Morgan fingerprint density at radius 1 is 1.23 bits per heavy atom. The van der Waals surface area contributed by atoms with Gasteiger partial charge in [-0.15, -0.1) is 0 Å². The summed E-state index contributed by atoms with van der Waals surface area (Å²) in [5, 5.41) is 2.66. The zero-order valence-electron chi connectivity index (χ0n) is 12.2. The average molecular weight is 309 g/mol. The fourth-order valence-corrected chi connectivity index (χ4v) is 2.99. The number of carbonyl (C=O) groups is 2. The molecule has 2 aliphatic heterocycles. The van der Waals surface area contributed by atoms with E-state index in [2.05, 4.69) is 5.32 Å². The van der Waals surface area contributed by atoms with E-state index < -0.39 is 23.7 Å². The minimum Gasteiger partial charge on any atom is -0.343 e. The van der Waals surface area contributed by atoms with Gasteiger partial charge in [0, 0.05) is 26.2 Å². The van der Waals surface area contributed by atoms with E-state index in [1.807, 2.05) is 4.90 Å². The van der Waals surface area contributed by atoms with Crippen LogP contribution in [0, 0.1) is 11.6 Å². The Labute approximate surface area is 126 Å². The second-order valence-corrected chi connectivity index (χ2v) is 5.76. The summed E-state index contributed by atoms with van der Waals surface area (Å²) in [7, 11) is 0. The van der Waals surface area contributed by atoms with E-state index in [9.17, 15) is 18.4 Å². The van der Waals surface area contributed by atoms with Crippen molar-refractivity contribution in [1.29, 1.82) is 0 Å². The molecule has 2 atom stereocenters. The van der Waals surface area contributed by atoms with Crippen molar-refractivity contribution >= 4 is 11.8 Å². The van der Waals surface area contributed by atoms with Crippen LogP contribution in [-0.2, 0) is 16.1 Å². The highest BCUT2D eigenvalue weighted by atomic mass is 19.2. The summed E-state index contributed by atoms with van der Waals surface area (Å²) in [4.78, 5) is 27.7. The van der Waals surface area contributed by atoms with Gasteiger partial charge in [0.05, 0.1) is 0 Å². The van der Waals surface area contributed by atoms with Gasteiger partial charge < -0.3 is 10.2 Å². The first-order valence-corrected chi connectivity index (χ1v) is 7.23. The molecule has 2 amide bonds. The van der Waals surface area contributed by atoms with Crippen LogP contribution in [0.5, 0.6) is 0 Å². The highest BCUT2D eigenvalue weighted by molar-refractivity contribution is 5.97. The summed E-state index contributed by atoms with van der Waals surface area (Å²) in [5.74, 6) is -1.99. The minimum absolute atomic E-state index is 0.0722. The molecule has 0 spiro atoms. The molecule has 0 aromatic heterocycles. The molecule has 3 rings (SSSR count). The van der Waals surface area contributed by atoms with Crippen molar-refractivity contribution in [3.05, 3.63) is 35.4 Å². The number of carbonyl (C=O) groups excluding carboxylic acids is 2. The number of halogens is 2. The molecule has 0 radical (unpaired) electrons. The van der Waals surface area contributed by atoms with Gasteiger partial charge in [-0.1, -0.05) is 6.07 Å². The van der Waals surface area contributed by atoms with Crippen LogP contribution in [0.4, 0.5) is 8.78 Å². The Morgan fingerprint density at radius 2 is 2.00 bits per heavy atom. The molecule has 22 heavy (non-hydrogen) atoms. The topological polar surface area (TPSA) is 52.7 Å². The zero-order valence-corrected chi connectivity index (χ0v) is 12.2. The monoisotopic (exact) mass is 309 g/mol. The Morgan fingerprint density at radius 3 is 2.73 bits per heavy atom. The van der Waals surface area contributed by atoms with Gasteiger partial charge in [0.1, 0.15) is 12.1 Å². The molecule has 2 aliphatic rings. The van der Waals surface area contributed by atoms with Crippen LogP contribution in [0.3, 0.4) is 0 Å². The molecular weight excluding hydrogens is 292 g/mol. The number of hydrogen-bond acceptors (Lipinski definition) is 3. The van der Waals surface area contributed by atoms with Gasteiger partial charge >= 0.3 is 0 Å². The van der Waals surface area contributed by atoms with Crippen LogP contribution in [0.1, 0.15) is 12.5 Å². The quantitative estimate of drug-likeness (QED) is 0.865. The number of piperazine rings is 2. The van der Waals surface area contributed by atoms with Crippen LogP contribution in [0.25, 0.3) is 0 Å². The summed E-state index contributed by atoms with van der Waals surface area (Å²) in [5.41, 5.74) is 0.642. The largest absolute Gasteiger partial charge is 0.343 e. The van der Waals surface area contributed by atoms with E-state index in [1.54, 1.807) is 11.8 Å². The minimum atomic E-state index is -0.879. The van der Waals surface area contributed by atoms with Crippen molar-refractivity contribution in [2.24, 2.45) is 0 Å². The number of nitrogens with zero attached hydrogens (tertiary/aromatic N) is 2. The van der Waals surface area contributed by atoms with Gasteiger partial charge in [-0.3, -0.25) is 14.5 Å². The summed E-state index contributed by atoms with van der Waals surface area (Å²) in [6.45, 7) is 3.54. The molecular formula is C15H17F2N3O2. The maximum Gasteiger partial charge on any atom is 0.245 e. The second-order valence-electron chi connectivity index (χ2n) is 5.76. The van der Waals surface area contributed by atoms with E-state index in [0.29, 0.717) is 31.7 Å². The number of hydrogen-bond donors (Lipinski definition) is 1. The van der Waals surface area contributed by atoms with Crippen LogP contribution >= 0.6 is 0 Å². The van der Waals surface area contributed by atoms with Gasteiger partial charge in [0.2, 0.25) is 11.8 Å². The molecule has 118 valence electrons. The normalized spacial score (nSPS) is 25.9. The van der Waals surface area contributed by atoms with Crippen molar-refractivity contribution in [1.82, 2.24) is 15.1 Å². The predicted octanol–water partition coefficient (Wildman–Crippen LogP) is 0.496. The lowest BCUT2D eigenvalue weighted by Gasteiger charge is -2.44. The SMILES string of the molecule is C[C@@H]1NC(=O)[C@H]2CN(Cc3ccc(F)c(F)c3)CCN2C1=O. The van der Waals surface area contributed by atoms with Gasteiger partial charge in [-0.05, 0) is 24.6 Å². The third-order valence-electron chi connectivity index (χ3n) is 4.17. The third-order valence-corrected chi connectivity index (χ3v) is 4.17. The Balaban J connectivity index is 1.70. The highest BCUT2D eigenvalue weighted by Crippen LogP contribution is 2.18.